The van der Waals surface area contributed by atoms with Gasteiger partial charge in [0.25, 0.3) is 5.91 Å². The van der Waals surface area contributed by atoms with E-state index in [2.05, 4.69) is 46.4 Å². The molecule has 0 radical (unpaired) electrons. The highest BCUT2D eigenvalue weighted by atomic mass is 16.5. The van der Waals surface area contributed by atoms with Crippen molar-refractivity contribution in [2.75, 3.05) is 26.3 Å². The fourth-order valence-corrected chi connectivity index (χ4v) is 3.33. The monoisotopic (exact) mass is 351 g/mol. The maximum atomic E-state index is 12.2. The van der Waals surface area contributed by atoms with E-state index in [0.717, 1.165) is 50.4 Å². The van der Waals surface area contributed by atoms with Gasteiger partial charge in [-0.2, -0.15) is 0 Å². The van der Waals surface area contributed by atoms with Crippen LogP contribution < -0.4 is 5.32 Å². The molecule has 2 heterocycles. The first-order valence-corrected chi connectivity index (χ1v) is 9.40. The van der Waals surface area contributed by atoms with Gasteiger partial charge in [-0.15, -0.1) is 0 Å². The molecular formula is C21H25N3O2. The largest absolute Gasteiger partial charge is 0.379 e. The Morgan fingerprint density at radius 3 is 2.62 bits per heavy atom. The summed E-state index contributed by atoms with van der Waals surface area (Å²) < 4.78 is 5.44. The lowest BCUT2D eigenvalue weighted by atomic mass is 10.0. The molecule has 1 N–H and O–H groups in total. The lowest BCUT2D eigenvalue weighted by molar-refractivity contribution is 0.0198. The van der Waals surface area contributed by atoms with Crippen LogP contribution in [0.2, 0.25) is 0 Å². The average Bonchev–Trinajstić information content (AvgIpc) is 3.52. The Morgan fingerprint density at radius 1 is 1.19 bits per heavy atom. The normalized spacial score (nSPS) is 19.1. The SMILES string of the molecule is CC(c1ccc(-c2cc(C(=O)NC3CC3)ccn2)cc1)N1CCOCC1. The lowest BCUT2D eigenvalue weighted by Gasteiger charge is -2.32. The highest BCUT2D eigenvalue weighted by Gasteiger charge is 2.24. The Hall–Kier alpha value is -2.24. The van der Waals surface area contributed by atoms with E-state index < -0.39 is 0 Å². The van der Waals surface area contributed by atoms with Crippen molar-refractivity contribution < 1.29 is 9.53 Å². The first-order chi connectivity index (χ1) is 12.7. The van der Waals surface area contributed by atoms with Crippen LogP contribution in [-0.4, -0.2) is 48.1 Å². The number of carbonyl (C=O) groups excluding carboxylic acids is 1. The topological polar surface area (TPSA) is 54.5 Å². The average molecular weight is 351 g/mol. The van der Waals surface area contributed by atoms with Crippen LogP contribution in [0.3, 0.4) is 0 Å². The van der Waals surface area contributed by atoms with Crippen molar-refractivity contribution in [1.82, 2.24) is 15.2 Å². The molecule has 26 heavy (non-hydrogen) atoms. The van der Waals surface area contributed by atoms with Crippen LogP contribution >= 0.6 is 0 Å². The molecule has 2 fully saturated rings. The number of aromatic nitrogens is 1. The Morgan fingerprint density at radius 2 is 1.92 bits per heavy atom. The number of benzene rings is 1. The third-order valence-corrected chi connectivity index (χ3v) is 5.22. The van der Waals surface area contributed by atoms with Gasteiger partial charge in [0.15, 0.2) is 0 Å². The van der Waals surface area contributed by atoms with Gasteiger partial charge in [-0.25, -0.2) is 0 Å². The Labute approximate surface area is 154 Å². The van der Waals surface area contributed by atoms with E-state index in [-0.39, 0.29) is 5.91 Å². The van der Waals surface area contributed by atoms with Crippen molar-refractivity contribution in [3.8, 4) is 11.3 Å². The predicted molar refractivity (Wildman–Crippen MR) is 101 cm³/mol. The Balaban J connectivity index is 1.48. The molecule has 1 saturated heterocycles. The van der Waals surface area contributed by atoms with E-state index >= 15 is 0 Å². The number of morpholine rings is 1. The summed E-state index contributed by atoms with van der Waals surface area (Å²) in [5, 5.41) is 3.03. The number of amides is 1. The second kappa shape index (κ2) is 7.56. The molecule has 2 aliphatic rings. The van der Waals surface area contributed by atoms with Gasteiger partial charge in [0.1, 0.15) is 0 Å². The molecule has 1 amide bonds. The van der Waals surface area contributed by atoms with E-state index in [0.29, 0.717) is 17.6 Å². The molecule has 1 aromatic carbocycles. The third kappa shape index (κ3) is 3.94. The minimum Gasteiger partial charge on any atom is -0.379 e. The fourth-order valence-electron chi connectivity index (χ4n) is 3.33. The van der Waals surface area contributed by atoms with Crippen molar-refractivity contribution in [3.05, 3.63) is 53.7 Å². The Kier molecular flexibility index (Phi) is 5.00. The molecule has 5 heteroatoms. The number of hydrogen-bond acceptors (Lipinski definition) is 4. The number of carbonyl (C=O) groups is 1. The fraction of sp³-hybridized carbons (Fsp3) is 0.429. The summed E-state index contributed by atoms with van der Waals surface area (Å²) in [6, 6.07) is 12.9. The molecule has 1 aliphatic heterocycles. The van der Waals surface area contributed by atoms with Gasteiger partial charge in [-0.3, -0.25) is 14.7 Å². The van der Waals surface area contributed by atoms with E-state index in [4.69, 9.17) is 4.74 Å². The smallest absolute Gasteiger partial charge is 0.251 e. The van der Waals surface area contributed by atoms with Gasteiger partial charge in [0.2, 0.25) is 0 Å². The number of hydrogen-bond donors (Lipinski definition) is 1. The van der Waals surface area contributed by atoms with Crippen LogP contribution in [0.25, 0.3) is 11.3 Å². The third-order valence-electron chi connectivity index (χ3n) is 5.22. The van der Waals surface area contributed by atoms with Crippen molar-refractivity contribution in [3.63, 3.8) is 0 Å². The van der Waals surface area contributed by atoms with Crippen LogP contribution in [0.4, 0.5) is 0 Å². The molecule has 0 bridgehead atoms. The molecule has 1 unspecified atom stereocenters. The zero-order chi connectivity index (χ0) is 17.9. The van der Waals surface area contributed by atoms with Gasteiger partial charge in [-0.05, 0) is 37.5 Å². The molecule has 1 atom stereocenters. The Bertz CT molecular complexity index is 765. The van der Waals surface area contributed by atoms with E-state index in [1.54, 1.807) is 12.3 Å². The van der Waals surface area contributed by atoms with Crippen molar-refractivity contribution >= 4 is 5.91 Å². The summed E-state index contributed by atoms with van der Waals surface area (Å²) in [6.07, 6.45) is 3.89. The highest BCUT2D eigenvalue weighted by Crippen LogP contribution is 2.25. The van der Waals surface area contributed by atoms with Crippen molar-refractivity contribution in [2.24, 2.45) is 0 Å². The second-order valence-corrected chi connectivity index (χ2v) is 7.12. The molecule has 1 saturated carbocycles. The van der Waals surface area contributed by atoms with Crippen molar-refractivity contribution in [2.45, 2.75) is 31.8 Å². The summed E-state index contributed by atoms with van der Waals surface area (Å²) in [6.45, 7) is 5.80. The molecule has 5 nitrogen and oxygen atoms in total. The number of rotatable bonds is 5. The number of pyridine rings is 1. The zero-order valence-corrected chi connectivity index (χ0v) is 15.1. The quantitative estimate of drug-likeness (QED) is 0.900. The molecule has 4 rings (SSSR count). The van der Waals surface area contributed by atoms with Gasteiger partial charge in [0.05, 0.1) is 18.9 Å². The molecule has 136 valence electrons. The zero-order valence-electron chi connectivity index (χ0n) is 15.1. The van der Waals surface area contributed by atoms with Crippen LogP contribution in [0.1, 0.15) is 41.7 Å². The van der Waals surface area contributed by atoms with E-state index in [1.165, 1.54) is 5.56 Å². The minimum absolute atomic E-state index is 0.00582. The number of nitrogens with zero attached hydrogens (tertiary/aromatic N) is 2. The molecule has 1 aliphatic carbocycles. The maximum absolute atomic E-state index is 12.2. The summed E-state index contributed by atoms with van der Waals surface area (Å²) in [5.74, 6) is -0.00582. The first-order valence-electron chi connectivity index (χ1n) is 9.40. The first kappa shape index (κ1) is 17.2. The predicted octanol–water partition coefficient (Wildman–Crippen LogP) is 3.03. The second-order valence-electron chi connectivity index (χ2n) is 7.12. The summed E-state index contributed by atoms with van der Waals surface area (Å²) >= 11 is 0. The maximum Gasteiger partial charge on any atom is 0.251 e. The molecule has 2 aromatic rings. The standard InChI is InChI=1S/C21H25N3O2/c1-15(24-10-12-26-13-11-24)16-2-4-17(5-3-16)20-14-18(8-9-22-20)21(25)23-19-6-7-19/h2-5,8-9,14-15,19H,6-7,10-13H2,1H3,(H,23,25). The molecule has 1 aromatic heterocycles. The number of ether oxygens (including phenoxy) is 1. The lowest BCUT2D eigenvalue weighted by Crippen LogP contribution is -2.37. The van der Waals surface area contributed by atoms with Crippen LogP contribution in [0.15, 0.2) is 42.6 Å². The highest BCUT2D eigenvalue weighted by molar-refractivity contribution is 5.95. The van der Waals surface area contributed by atoms with Gasteiger partial charge >= 0.3 is 0 Å². The van der Waals surface area contributed by atoms with Gasteiger partial charge < -0.3 is 10.1 Å². The summed E-state index contributed by atoms with van der Waals surface area (Å²) in [5.41, 5.74) is 3.83. The van der Waals surface area contributed by atoms with Gasteiger partial charge in [-0.1, -0.05) is 24.3 Å². The van der Waals surface area contributed by atoms with Crippen LogP contribution in [0, 0.1) is 0 Å². The summed E-state index contributed by atoms with van der Waals surface area (Å²) in [4.78, 5) is 19.1. The van der Waals surface area contributed by atoms with Gasteiger partial charge in [0, 0.05) is 42.5 Å². The van der Waals surface area contributed by atoms with Crippen LogP contribution in [-0.2, 0) is 4.74 Å². The summed E-state index contributed by atoms with van der Waals surface area (Å²) in [7, 11) is 0. The van der Waals surface area contributed by atoms with E-state index in [1.807, 2.05) is 6.07 Å². The van der Waals surface area contributed by atoms with Crippen LogP contribution in [0.5, 0.6) is 0 Å². The molecule has 0 spiro atoms. The van der Waals surface area contributed by atoms with E-state index in [9.17, 15) is 4.79 Å². The molecular weight excluding hydrogens is 326 g/mol. The number of nitrogens with one attached hydrogen (secondary N) is 1. The van der Waals surface area contributed by atoms with Crippen molar-refractivity contribution in [1.29, 1.82) is 0 Å². The minimum atomic E-state index is -0.00582.